The number of hydrogen-bond donors (Lipinski definition) is 0. The van der Waals surface area contributed by atoms with Gasteiger partial charge in [-0.15, -0.1) is 0 Å². The van der Waals surface area contributed by atoms with E-state index in [2.05, 4.69) is 210 Å². The minimum Gasteiger partial charge on any atom is -0.308 e. The lowest BCUT2D eigenvalue weighted by atomic mass is 9.86. The van der Waals surface area contributed by atoms with E-state index in [1.165, 1.54) is 83.1 Å². The highest BCUT2D eigenvalue weighted by molar-refractivity contribution is 6.10. The summed E-state index contributed by atoms with van der Waals surface area (Å²) in [5, 5.41) is 4.90. The van der Waals surface area contributed by atoms with Gasteiger partial charge in [-0.1, -0.05) is 175 Å². The second-order valence-corrected chi connectivity index (χ2v) is 15.9. The van der Waals surface area contributed by atoms with E-state index in [1.54, 1.807) is 0 Å². The largest absolute Gasteiger partial charge is 0.308 e. The summed E-state index contributed by atoms with van der Waals surface area (Å²) in [6, 6.07) is 60.7. The number of fused-ring (bicyclic) bond motifs is 2. The maximum absolute atomic E-state index is 2.50. The molecule has 1 heterocycles. The smallest absolute Gasteiger partial charge is 0.0619 e. The predicted octanol–water partition coefficient (Wildman–Crippen LogP) is 14.0. The van der Waals surface area contributed by atoms with E-state index >= 15 is 0 Å². The van der Waals surface area contributed by atoms with Crippen molar-refractivity contribution in [3.8, 4) is 50.5 Å². The van der Waals surface area contributed by atoms with Gasteiger partial charge in [-0.2, -0.15) is 0 Å². The van der Waals surface area contributed by atoms with Crippen molar-refractivity contribution in [3.05, 3.63) is 175 Å². The topological polar surface area (TPSA) is 4.93 Å². The van der Waals surface area contributed by atoms with Crippen LogP contribution in [-0.4, -0.2) is 4.57 Å². The Hall–Kier alpha value is -5.66. The molecule has 0 aliphatic heterocycles. The van der Waals surface area contributed by atoms with Gasteiger partial charge in [0, 0.05) is 10.8 Å². The zero-order valence-corrected chi connectivity index (χ0v) is 30.5. The van der Waals surface area contributed by atoms with Crippen LogP contribution in [0, 0.1) is 0 Å². The third kappa shape index (κ3) is 6.19. The van der Waals surface area contributed by atoms with Crippen LogP contribution in [-0.2, 0) is 10.8 Å². The first-order valence-electron chi connectivity index (χ1n) is 18.1. The van der Waals surface area contributed by atoms with Crippen LogP contribution in [0.2, 0.25) is 0 Å². The molecule has 250 valence electrons. The number of aromatic nitrogens is 1. The first-order valence-corrected chi connectivity index (χ1v) is 18.1. The van der Waals surface area contributed by atoms with Crippen LogP contribution in [0.3, 0.4) is 0 Å². The second-order valence-electron chi connectivity index (χ2n) is 15.9. The van der Waals surface area contributed by atoms with Gasteiger partial charge in [0.25, 0.3) is 0 Å². The molecule has 0 atom stereocenters. The summed E-state index contributed by atoms with van der Waals surface area (Å²) in [6.45, 7) is 13.6. The maximum Gasteiger partial charge on any atom is 0.0619 e. The van der Waals surface area contributed by atoms with Crippen molar-refractivity contribution in [1.29, 1.82) is 0 Å². The highest BCUT2D eigenvalue weighted by Gasteiger charge is 2.20. The summed E-state index contributed by atoms with van der Waals surface area (Å²) < 4.78 is 2.50. The standard InChI is InChI=1S/C50H45N/c1-49(2,3)42-24-19-34(20-25-42)38-23-28-44-41(31-38)32-40-18-17-39(35-21-26-43(27-22-35)50(4,5)6)33-45(40)48(44)51-46(36-13-9-7-10-14-36)29-30-47(51)37-15-11-8-12-16-37/h7-33H,1-6H3. The molecular weight excluding hydrogens is 615 g/mol. The van der Waals surface area contributed by atoms with Gasteiger partial charge in [0.15, 0.2) is 0 Å². The normalized spacial score (nSPS) is 12.1. The average Bonchev–Trinajstić information content (AvgIpc) is 3.58. The van der Waals surface area contributed by atoms with Gasteiger partial charge >= 0.3 is 0 Å². The van der Waals surface area contributed by atoms with Crippen molar-refractivity contribution in [1.82, 2.24) is 4.57 Å². The molecular formula is C50H45N. The van der Waals surface area contributed by atoms with E-state index in [4.69, 9.17) is 0 Å². The van der Waals surface area contributed by atoms with Crippen LogP contribution in [0.4, 0.5) is 0 Å². The summed E-state index contributed by atoms with van der Waals surface area (Å²) in [6.07, 6.45) is 0. The van der Waals surface area contributed by atoms with Crippen molar-refractivity contribution in [2.45, 2.75) is 52.4 Å². The number of nitrogens with zero attached hydrogens (tertiary/aromatic N) is 1. The van der Waals surface area contributed by atoms with Gasteiger partial charge in [-0.05, 0) is 96.4 Å². The molecule has 51 heavy (non-hydrogen) atoms. The fourth-order valence-corrected chi connectivity index (χ4v) is 7.37. The molecule has 0 unspecified atom stereocenters. The minimum absolute atomic E-state index is 0.109. The molecule has 0 fully saturated rings. The van der Waals surface area contributed by atoms with Crippen LogP contribution in [0.15, 0.2) is 164 Å². The fraction of sp³-hybridized carbons (Fsp3) is 0.160. The Labute approximate surface area is 302 Å². The monoisotopic (exact) mass is 659 g/mol. The molecule has 0 saturated carbocycles. The Kier molecular flexibility index (Phi) is 8.03. The van der Waals surface area contributed by atoms with Crippen LogP contribution in [0.25, 0.3) is 72.0 Å². The molecule has 8 rings (SSSR count). The molecule has 7 aromatic carbocycles. The van der Waals surface area contributed by atoms with Gasteiger partial charge in [0.05, 0.1) is 17.1 Å². The van der Waals surface area contributed by atoms with Gasteiger partial charge < -0.3 is 4.57 Å². The molecule has 0 bridgehead atoms. The lowest BCUT2D eigenvalue weighted by Gasteiger charge is -2.21. The minimum atomic E-state index is 0.109. The van der Waals surface area contributed by atoms with Crippen molar-refractivity contribution in [3.63, 3.8) is 0 Å². The lowest BCUT2D eigenvalue weighted by molar-refractivity contribution is 0.590. The van der Waals surface area contributed by atoms with E-state index in [1.807, 2.05) is 0 Å². The molecule has 0 radical (unpaired) electrons. The molecule has 1 nitrogen and oxygen atoms in total. The third-order valence-corrected chi connectivity index (χ3v) is 10.3. The molecule has 0 aliphatic carbocycles. The average molecular weight is 660 g/mol. The Morgan fingerprint density at radius 3 is 1.27 bits per heavy atom. The highest BCUT2D eigenvalue weighted by Crippen LogP contribution is 2.42. The Balaban J connectivity index is 1.41. The Morgan fingerprint density at radius 1 is 0.333 bits per heavy atom. The number of benzene rings is 7. The van der Waals surface area contributed by atoms with E-state index in [-0.39, 0.29) is 10.8 Å². The zero-order chi connectivity index (χ0) is 35.3. The summed E-state index contributed by atoms with van der Waals surface area (Å²) in [5.74, 6) is 0. The zero-order valence-electron chi connectivity index (χ0n) is 30.5. The molecule has 0 saturated heterocycles. The van der Waals surface area contributed by atoms with Crippen molar-refractivity contribution >= 4 is 21.5 Å². The molecule has 1 aromatic heterocycles. The van der Waals surface area contributed by atoms with Gasteiger partial charge in [0.1, 0.15) is 0 Å². The van der Waals surface area contributed by atoms with Crippen LogP contribution < -0.4 is 0 Å². The number of rotatable bonds is 5. The van der Waals surface area contributed by atoms with Crippen LogP contribution >= 0.6 is 0 Å². The van der Waals surface area contributed by atoms with Crippen LogP contribution in [0.5, 0.6) is 0 Å². The molecule has 0 aliphatic rings. The van der Waals surface area contributed by atoms with E-state index in [0.717, 1.165) is 0 Å². The highest BCUT2D eigenvalue weighted by atomic mass is 15.0. The lowest BCUT2D eigenvalue weighted by Crippen LogP contribution is -2.10. The SMILES string of the molecule is CC(C)(C)c1ccc(-c2ccc3c(-n4c(-c5ccccc5)ccc4-c4ccccc4)c4cc(-c5ccc(C(C)(C)C)cc5)ccc4cc3c2)cc1. The Morgan fingerprint density at radius 2 is 0.784 bits per heavy atom. The van der Waals surface area contributed by atoms with Gasteiger partial charge in [0.2, 0.25) is 0 Å². The summed E-state index contributed by atoms with van der Waals surface area (Å²) in [4.78, 5) is 0. The van der Waals surface area contributed by atoms with Gasteiger partial charge in [-0.25, -0.2) is 0 Å². The first kappa shape index (κ1) is 32.5. The molecule has 1 heteroatoms. The van der Waals surface area contributed by atoms with Crippen molar-refractivity contribution in [2.75, 3.05) is 0 Å². The summed E-state index contributed by atoms with van der Waals surface area (Å²) >= 11 is 0. The summed E-state index contributed by atoms with van der Waals surface area (Å²) in [5.41, 5.74) is 13.7. The molecule has 0 amide bonds. The molecule has 0 N–H and O–H groups in total. The van der Waals surface area contributed by atoms with E-state index < -0.39 is 0 Å². The second kappa shape index (κ2) is 12.6. The quantitative estimate of drug-likeness (QED) is 0.162. The number of hydrogen-bond acceptors (Lipinski definition) is 0. The first-order chi connectivity index (χ1) is 24.5. The molecule has 0 spiro atoms. The van der Waals surface area contributed by atoms with Crippen LogP contribution in [0.1, 0.15) is 52.7 Å². The van der Waals surface area contributed by atoms with E-state index in [9.17, 15) is 0 Å². The third-order valence-electron chi connectivity index (χ3n) is 10.3. The predicted molar refractivity (Wildman–Crippen MR) is 220 cm³/mol. The van der Waals surface area contributed by atoms with Crippen molar-refractivity contribution in [2.24, 2.45) is 0 Å². The Bertz CT molecular complexity index is 2430. The molecule has 8 aromatic rings. The maximum atomic E-state index is 2.50. The van der Waals surface area contributed by atoms with Gasteiger partial charge in [-0.3, -0.25) is 0 Å². The fourth-order valence-electron chi connectivity index (χ4n) is 7.37. The van der Waals surface area contributed by atoms with E-state index in [0.29, 0.717) is 0 Å². The van der Waals surface area contributed by atoms with Crippen molar-refractivity contribution < 1.29 is 0 Å². The summed E-state index contributed by atoms with van der Waals surface area (Å²) in [7, 11) is 0.